The maximum atomic E-state index is 12.0. The Morgan fingerprint density at radius 1 is 1.12 bits per heavy atom. The van der Waals surface area contributed by atoms with Crippen molar-refractivity contribution in [2.45, 2.75) is 12.7 Å². The molecule has 0 aliphatic carbocycles. The number of benzene rings is 2. The second kappa shape index (κ2) is 10.1. The first-order chi connectivity index (χ1) is 12.5. The average Bonchev–Trinajstić information content (AvgIpc) is 2.62. The average molecular weight is 393 g/mol. The molecule has 0 saturated heterocycles. The van der Waals surface area contributed by atoms with Gasteiger partial charge in [-0.1, -0.05) is 29.8 Å². The largest absolute Gasteiger partial charge is 0.495 e. The van der Waals surface area contributed by atoms with E-state index in [0.717, 1.165) is 11.1 Å². The third kappa shape index (κ3) is 6.61. The minimum Gasteiger partial charge on any atom is -0.495 e. The van der Waals surface area contributed by atoms with Crippen molar-refractivity contribution in [3.63, 3.8) is 0 Å². The van der Waals surface area contributed by atoms with Gasteiger partial charge in [0.15, 0.2) is 0 Å². The van der Waals surface area contributed by atoms with Crippen molar-refractivity contribution in [2.75, 3.05) is 24.7 Å². The summed E-state index contributed by atoms with van der Waals surface area (Å²) in [5.41, 5.74) is 2.68. The van der Waals surface area contributed by atoms with E-state index in [0.29, 0.717) is 22.2 Å². The van der Waals surface area contributed by atoms with Gasteiger partial charge in [-0.25, -0.2) is 0 Å². The molecule has 0 aliphatic heterocycles. The number of carbonyl (C=O) groups excluding carboxylic acids is 2. The summed E-state index contributed by atoms with van der Waals surface area (Å²) in [4.78, 5) is 23.9. The monoisotopic (exact) mass is 392 g/mol. The zero-order valence-electron chi connectivity index (χ0n) is 14.7. The van der Waals surface area contributed by atoms with Crippen LogP contribution in [0.2, 0.25) is 5.02 Å². The highest BCUT2D eigenvalue weighted by molar-refractivity contribution is 7.99. The molecule has 2 N–H and O–H groups in total. The van der Waals surface area contributed by atoms with Gasteiger partial charge in [0.05, 0.1) is 25.1 Å². The molecule has 2 amide bonds. The number of carbonyl (C=O) groups is 2. The van der Waals surface area contributed by atoms with Crippen LogP contribution in [0.3, 0.4) is 0 Å². The van der Waals surface area contributed by atoms with Crippen LogP contribution in [0.4, 0.5) is 5.69 Å². The molecule has 26 heavy (non-hydrogen) atoms. The lowest BCUT2D eigenvalue weighted by Crippen LogP contribution is -2.34. The molecular weight excluding hydrogens is 372 g/mol. The number of amides is 2. The first-order valence-corrected chi connectivity index (χ1v) is 9.54. The van der Waals surface area contributed by atoms with E-state index in [4.69, 9.17) is 16.3 Å². The van der Waals surface area contributed by atoms with Crippen LogP contribution in [0.1, 0.15) is 11.1 Å². The summed E-state index contributed by atoms with van der Waals surface area (Å²) in [5, 5.41) is 6.05. The molecule has 7 heteroatoms. The first kappa shape index (κ1) is 20.1. The molecule has 2 aromatic carbocycles. The summed E-state index contributed by atoms with van der Waals surface area (Å²) in [6.07, 6.45) is 0. The zero-order chi connectivity index (χ0) is 18.9. The quantitative estimate of drug-likeness (QED) is 0.719. The first-order valence-electron chi connectivity index (χ1n) is 8.01. The lowest BCUT2D eigenvalue weighted by atomic mass is 10.2. The van der Waals surface area contributed by atoms with E-state index in [1.165, 1.54) is 11.8 Å². The molecule has 138 valence electrons. The van der Waals surface area contributed by atoms with E-state index >= 15 is 0 Å². The van der Waals surface area contributed by atoms with Gasteiger partial charge in [-0.15, -0.1) is 11.8 Å². The smallest absolute Gasteiger partial charge is 0.243 e. The Kier molecular flexibility index (Phi) is 7.81. The maximum absolute atomic E-state index is 12.0. The molecule has 0 aliphatic rings. The van der Waals surface area contributed by atoms with Gasteiger partial charge in [0.1, 0.15) is 5.75 Å². The summed E-state index contributed by atoms with van der Waals surface area (Å²) in [5.74, 6) is 1.08. The van der Waals surface area contributed by atoms with Gasteiger partial charge in [0, 0.05) is 10.8 Å². The molecule has 5 nitrogen and oxygen atoms in total. The number of thioether (sulfide) groups is 1. The normalized spacial score (nSPS) is 10.3. The van der Waals surface area contributed by atoms with Crippen molar-refractivity contribution in [1.82, 2.24) is 5.32 Å². The van der Waals surface area contributed by atoms with E-state index < -0.39 is 0 Å². The Balaban J connectivity index is 1.72. The van der Waals surface area contributed by atoms with Gasteiger partial charge in [0.2, 0.25) is 11.8 Å². The van der Waals surface area contributed by atoms with Gasteiger partial charge in [-0.3, -0.25) is 9.59 Å². The fraction of sp³-hybridized carbons (Fsp3) is 0.263. The fourth-order valence-electron chi connectivity index (χ4n) is 2.19. The van der Waals surface area contributed by atoms with Crippen LogP contribution in [-0.4, -0.2) is 31.2 Å². The molecule has 0 spiro atoms. The molecule has 2 aromatic rings. The van der Waals surface area contributed by atoms with Crippen LogP contribution in [0.5, 0.6) is 5.75 Å². The van der Waals surface area contributed by atoms with Crippen LogP contribution in [0.15, 0.2) is 42.5 Å². The number of hydrogen-bond acceptors (Lipinski definition) is 4. The molecule has 0 radical (unpaired) electrons. The molecule has 0 aromatic heterocycles. The van der Waals surface area contributed by atoms with Gasteiger partial charge in [0.25, 0.3) is 0 Å². The highest BCUT2D eigenvalue weighted by atomic mass is 35.5. The molecule has 0 saturated carbocycles. The van der Waals surface area contributed by atoms with E-state index in [-0.39, 0.29) is 24.1 Å². The Bertz CT molecular complexity index is 766. The van der Waals surface area contributed by atoms with Crippen LogP contribution < -0.4 is 15.4 Å². The lowest BCUT2D eigenvalue weighted by Gasteiger charge is -2.11. The Morgan fingerprint density at radius 2 is 1.85 bits per heavy atom. The summed E-state index contributed by atoms with van der Waals surface area (Å²) in [6.45, 7) is 1.84. The maximum Gasteiger partial charge on any atom is 0.243 e. The van der Waals surface area contributed by atoms with Gasteiger partial charge >= 0.3 is 0 Å². The van der Waals surface area contributed by atoms with Crippen molar-refractivity contribution in [2.24, 2.45) is 0 Å². The number of anilines is 1. The third-order valence-corrected chi connectivity index (χ3v) is 4.75. The Morgan fingerprint density at radius 3 is 2.54 bits per heavy atom. The molecule has 0 atom stereocenters. The topological polar surface area (TPSA) is 67.4 Å². The highest BCUT2D eigenvalue weighted by Crippen LogP contribution is 2.24. The number of aryl methyl sites for hydroxylation is 1. The number of ether oxygens (including phenoxy) is 1. The Labute approximate surface area is 162 Å². The lowest BCUT2D eigenvalue weighted by molar-refractivity contribution is -0.122. The summed E-state index contributed by atoms with van der Waals surface area (Å²) in [6, 6.07) is 13.0. The summed E-state index contributed by atoms with van der Waals surface area (Å²) < 4.78 is 5.22. The van der Waals surface area contributed by atoms with Gasteiger partial charge in [-0.2, -0.15) is 0 Å². The molecule has 0 unspecified atom stereocenters. The number of methoxy groups -OCH3 is 1. The second-order valence-electron chi connectivity index (χ2n) is 5.65. The van der Waals surface area contributed by atoms with E-state index in [1.807, 2.05) is 43.3 Å². The minimum absolute atomic E-state index is 0.0859. The van der Waals surface area contributed by atoms with Crippen LogP contribution >= 0.6 is 23.4 Å². The molecule has 0 bridgehead atoms. The highest BCUT2D eigenvalue weighted by Gasteiger charge is 2.09. The number of hydrogen-bond donors (Lipinski definition) is 2. The zero-order valence-corrected chi connectivity index (χ0v) is 16.2. The van der Waals surface area contributed by atoms with Crippen molar-refractivity contribution < 1.29 is 14.3 Å². The molecule has 2 rings (SSSR count). The SMILES string of the molecule is COc1ccc(C)cc1NC(=O)CNC(=O)CSCc1ccc(Cl)cc1. The number of rotatable bonds is 8. The fourth-order valence-corrected chi connectivity index (χ4v) is 3.13. The Hall–Kier alpha value is -2.18. The second-order valence-corrected chi connectivity index (χ2v) is 7.07. The predicted molar refractivity (Wildman–Crippen MR) is 107 cm³/mol. The number of nitrogens with one attached hydrogen (secondary N) is 2. The standard InChI is InChI=1S/C19H21ClN2O3S/c1-13-3-8-17(25-2)16(9-13)22-18(23)10-21-19(24)12-26-11-14-4-6-15(20)7-5-14/h3-9H,10-12H2,1-2H3,(H,21,24)(H,22,23). The van der Waals surface area contributed by atoms with E-state index in [9.17, 15) is 9.59 Å². The van der Waals surface area contributed by atoms with Crippen LogP contribution in [-0.2, 0) is 15.3 Å². The molecule has 0 fully saturated rings. The third-order valence-electron chi connectivity index (χ3n) is 3.49. The minimum atomic E-state index is -0.301. The van der Waals surface area contributed by atoms with Crippen molar-refractivity contribution in [1.29, 1.82) is 0 Å². The predicted octanol–water partition coefficient (Wildman–Crippen LogP) is 3.65. The van der Waals surface area contributed by atoms with Crippen molar-refractivity contribution in [3.8, 4) is 5.75 Å². The van der Waals surface area contributed by atoms with Crippen LogP contribution in [0.25, 0.3) is 0 Å². The van der Waals surface area contributed by atoms with Gasteiger partial charge in [-0.05, 0) is 42.3 Å². The summed E-state index contributed by atoms with van der Waals surface area (Å²) in [7, 11) is 1.54. The molecule has 0 heterocycles. The van der Waals surface area contributed by atoms with Crippen molar-refractivity contribution in [3.05, 3.63) is 58.6 Å². The van der Waals surface area contributed by atoms with E-state index in [2.05, 4.69) is 10.6 Å². The van der Waals surface area contributed by atoms with Crippen molar-refractivity contribution >= 4 is 40.9 Å². The van der Waals surface area contributed by atoms with E-state index in [1.54, 1.807) is 13.2 Å². The summed E-state index contributed by atoms with van der Waals surface area (Å²) >= 11 is 7.31. The van der Waals surface area contributed by atoms with Gasteiger partial charge < -0.3 is 15.4 Å². The number of halogens is 1. The van der Waals surface area contributed by atoms with Crippen LogP contribution in [0, 0.1) is 6.92 Å². The molecular formula is C19H21ClN2O3S.